The Hall–Kier alpha value is -2.02. The second-order valence-corrected chi connectivity index (χ2v) is 4.48. The third-order valence-corrected chi connectivity index (χ3v) is 3.18. The van der Waals surface area contributed by atoms with Gasteiger partial charge in [-0.05, 0) is 23.8 Å². The average molecular weight is 266 g/mol. The summed E-state index contributed by atoms with van der Waals surface area (Å²) in [4.78, 5) is 6.99. The van der Waals surface area contributed by atoms with E-state index in [0.29, 0.717) is 11.3 Å². The molecule has 2 rings (SSSR count). The van der Waals surface area contributed by atoms with E-state index in [1.54, 1.807) is 18.5 Å². The van der Waals surface area contributed by atoms with Gasteiger partial charge < -0.3 is 15.9 Å². The highest BCUT2D eigenvalue weighted by Gasteiger charge is 2.06. The number of benzene rings is 1. The maximum atomic E-state index is 13.4. The number of nitrogens with two attached hydrogens (primary N) is 1. The molecule has 1 aromatic heterocycles. The number of oxime groups is 1. The van der Waals surface area contributed by atoms with Crippen LogP contribution >= 0.6 is 11.8 Å². The van der Waals surface area contributed by atoms with Crippen molar-refractivity contribution in [3.05, 3.63) is 47.5 Å². The second-order valence-electron chi connectivity index (χ2n) is 3.52. The van der Waals surface area contributed by atoms with Crippen LogP contribution in [0.3, 0.4) is 0 Å². The molecule has 0 spiro atoms. The number of thioether (sulfide) groups is 1. The van der Waals surface area contributed by atoms with E-state index in [1.807, 2.05) is 0 Å². The zero-order chi connectivity index (χ0) is 13.0. The summed E-state index contributed by atoms with van der Waals surface area (Å²) < 4.78 is 13.4. The van der Waals surface area contributed by atoms with Gasteiger partial charge in [0.05, 0.1) is 0 Å². The monoisotopic (exact) mass is 266 g/mol. The first kappa shape index (κ1) is 12.4. The molecule has 0 bridgehead atoms. The maximum Gasteiger partial charge on any atom is 0.170 e. The minimum Gasteiger partial charge on any atom is -0.409 e. The number of aromatic nitrogens is 2. The summed E-state index contributed by atoms with van der Waals surface area (Å²) in [6, 6.07) is 4.30. The van der Waals surface area contributed by atoms with E-state index in [4.69, 9.17) is 10.9 Å². The molecule has 1 aromatic carbocycles. The molecule has 0 aliphatic heterocycles. The summed E-state index contributed by atoms with van der Waals surface area (Å²) in [6.45, 7) is 0. The molecule has 7 heteroatoms. The minimum atomic E-state index is -0.422. The average Bonchev–Trinajstić information content (AvgIpc) is 2.88. The van der Waals surface area contributed by atoms with Gasteiger partial charge in [0, 0.05) is 23.7 Å². The van der Waals surface area contributed by atoms with E-state index in [9.17, 15) is 4.39 Å². The minimum absolute atomic E-state index is 0.112. The lowest BCUT2D eigenvalue weighted by Gasteiger charge is -2.04. The fourth-order valence-corrected chi connectivity index (χ4v) is 2.18. The third kappa shape index (κ3) is 3.01. The van der Waals surface area contributed by atoms with Gasteiger partial charge >= 0.3 is 0 Å². The SMILES string of the molecule is N/C(=N/O)c1cc(F)cc(CSc2ncc[nH]2)c1. The Kier molecular flexibility index (Phi) is 3.83. The molecule has 0 fully saturated rings. The van der Waals surface area contributed by atoms with Gasteiger partial charge in [-0.3, -0.25) is 0 Å². The Balaban J connectivity index is 2.15. The van der Waals surface area contributed by atoms with Crippen molar-refractivity contribution in [1.29, 1.82) is 0 Å². The van der Waals surface area contributed by atoms with Gasteiger partial charge in [0.25, 0.3) is 0 Å². The first-order chi connectivity index (χ1) is 8.69. The number of nitrogens with zero attached hydrogens (tertiary/aromatic N) is 2. The van der Waals surface area contributed by atoms with Crippen LogP contribution in [0.2, 0.25) is 0 Å². The number of halogens is 1. The lowest BCUT2D eigenvalue weighted by molar-refractivity contribution is 0.318. The van der Waals surface area contributed by atoms with Crippen LogP contribution in [-0.4, -0.2) is 21.0 Å². The van der Waals surface area contributed by atoms with Crippen molar-refractivity contribution in [1.82, 2.24) is 9.97 Å². The summed E-state index contributed by atoms with van der Waals surface area (Å²) in [5.74, 6) is 0.00431. The molecule has 0 saturated heterocycles. The molecule has 4 N–H and O–H groups in total. The predicted octanol–water partition coefficient (Wildman–Crippen LogP) is 1.94. The molecule has 0 atom stereocenters. The van der Waals surface area contributed by atoms with E-state index >= 15 is 0 Å². The Morgan fingerprint density at radius 3 is 3.00 bits per heavy atom. The number of amidine groups is 1. The molecule has 0 aliphatic rings. The number of nitrogens with one attached hydrogen (secondary N) is 1. The molecule has 1 heterocycles. The summed E-state index contributed by atoms with van der Waals surface area (Å²) in [5.41, 5.74) is 6.52. The van der Waals surface area contributed by atoms with Crippen LogP contribution in [0, 0.1) is 5.82 Å². The van der Waals surface area contributed by atoms with Gasteiger partial charge in [-0.2, -0.15) is 0 Å². The van der Waals surface area contributed by atoms with E-state index in [0.717, 1.165) is 10.7 Å². The smallest absolute Gasteiger partial charge is 0.170 e. The highest BCUT2D eigenvalue weighted by molar-refractivity contribution is 7.98. The van der Waals surface area contributed by atoms with Crippen LogP contribution < -0.4 is 5.73 Å². The van der Waals surface area contributed by atoms with Crippen molar-refractivity contribution in [3.63, 3.8) is 0 Å². The van der Waals surface area contributed by atoms with E-state index in [2.05, 4.69) is 15.1 Å². The molecule has 0 unspecified atom stereocenters. The predicted molar refractivity (Wildman–Crippen MR) is 67.1 cm³/mol. The van der Waals surface area contributed by atoms with Crippen LogP contribution in [0.5, 0.6) is 0 Å². The fourth-order valence-electron chi connectivity index (χ4n) is 1.42. The lowest BCUT2D eigenvalue weighted by Crippen LogP contribution is -2.13. The van der Waals surface area contributed by atoms with Crippen LogP contribution in [0.1, 0.15) is 11.1 Å². The Morgan fingerprint density at radius 2 is 2.33 bits per heavy atom. The van der Waals surface area contributed by atoms with Crippen LogP contribution in [-0.2, 0) is 5.75 Å². The summed E-state index contributed by atoms with van der Waals surface area (Å²) in [7, 11) is 0. The van der Waals surface area contributed by atoms with Gasteiger partial charge in [-0.1, -0.05) is 16.9 Å². The topological polar surface area (TPSA) is 87.3 Å². The van der Waals surface area contributed by atoms with Crippen LogP contribution in [0.15, 0.2) is 40.9 Å². The number of hydrogen-bond acceptors (Lipinski definition) is 4. The van der Waals surface area contributed by atoms with E-state index in [-0.39, 0.29) is 5.84 Å². The van der Waals surface area contributed by atoms with Gasteiger partial charge in [-0.25, -0.2) is 9.37 Å². The summed E-state index contributed by atoms with van der Waals surface area (Å²) >= 11 is 1.44. The zero-order valence-corrected chi connectivity index (χ0v) is 10.1. The highest BCUT2D eigenvalue weighted by atomic mass is 32.2. The summed E-state index contributed by atoms with van der Waals surface area (Å²) in [5, 5.41) is 12.2. The van der Waals surface area contributed by atoms with Gasteiger partial charge in [-0.15, -0.1) is 0 Å². The number of imidazole rings is 1. The second kappa shape index (κ2) is 5.54. The van der Waals surface area contributed by atoms with Crippen molar-refractivity contribution < 1.29 is 9.60 Å². The van der Waals surface area contributed by atoms with Gasteiger partial charge in [0.15, 0.2) is 11.0 Å². The molecular weight excluding hydrogens is 255 g/mol. The molecule has 0 radical (unpaired) electrons. The first-order valence-electron chi connectivity index (χ1n) is 5.08. The fraction of sp³-hybridized carbons (Fsp3) is 0.0909. The molecule has 0 amide bonds. The standard InChI is InChI=1S/C11H11FN4OS/c12-9-4-7(3-8(5-9)10(13)16-17)6-18-11-14-1-2-15-11/h1-5,17H,6H2,(H2,13,16)(H,14,15). The Bertz CT molecular complexity index is 556. The first-order valence-corrected chi connectivity index (χ1v) is 6.07. The normalized spacial score (nSPS) is 11.7. The quantitative estimate of drug-likeness (QED) is 0.259. The van der Waals surface area contributed by atoms with Crippen LogP contribution in [0.4, 0.5) is 4.39 Å². The number of rotatable bonds is 4. The number of hydrogen-bond donors (Lipinski definition) is 3. The number of aromatic amines is 1. The van der Waals surface area contributed by atoms with Gasteiger partial charge in [0.1, 0.15) is 5.82 Å². The number of H-pyrrole nitrogens is 1. The lowest BCUT2D eigenvalue weighted by atomic mass is 10.1. The van der Waals surface area contributed by atoms with E-state index in [1.165, 1.54) is 23.9 Å². The third-order valence-electron chi connectivity index (χ3n) is 2.21. The highest BCUT2D eigenvalue weighted by Crippen LogP contribution is 2.20. The van der Waals surface area contributed by atoms with Crippen LogP contribution in [0.25, 0.3) is 0 Å². The molecule has 94 valence electrons. The van der Waals surface area contributed by atoms with Crippen molar-refractivity contribution in [2.24, 2.45) is 10.9 Å². The van der Waals surface area contributed by atoms with Crippen molar-refractivity contribution in [3.8, 4) is 0 Å². The van der Waals surface area contributed by atoms with E-state index < -0.39 is 5.82 Å². The zero-order valence-electron chi connectivity index (χ0n) is 9.30. The molecule has 5 nitrogen and oxygen atoms in total. The molecule has 0 aliphatic carbocycles. The largest absolute Gasteiger partial charge is 0.409 e. The van der Waals surface area contributed by atoms with Gasteiger partial charge in [0.2, 0.25) is 0 Å². The molecule has 0 saturated carbocycles. The Morgan fingerprint density at radius 1 is 1.50 bits per heavy atom. The molecule has 18 heavy (non-hydrogen) atoms. The van der Waals surface area contributed by atoms with Crippen molar-refractivity contribution in [2.75, 3.05) is 0 Å². The summed E-state index contributed by atoms with van der Waals surface area (Å²) in [6.07, 6.45) is 3.37. The van der Waals surface area contributed by atoms with Crippen molar-refractivity contribution in [2.45, 2.75) is 10.9 Å². The molecular formula is C11H11FN4OS. The molecule has 2 aromatic rings. The Labute approximate surface area is 107 Å². The maximum absolute atomic E-state index is 13.4. The van der Waals surface area contributed by atoms with Crippen molar-refractivity contribution >= 4 is 17.6 Å².